The quantitative estimate of drug-likeness (QED) is 0.407. The number of nitrogens with two attached hydrogens (primary N) is 1. The number of carboxylic acid groups (broad SMARTS) is 1. The van der Waals surface area contributed by atoms with E-state index in [1.165, 1.54) is 0 Å². The lowest BCUT2D eigenvalue weighted by atomic mass is 10.1. The van der Waals surface area contributed by atoms with Gasteiger partial charge in [-0.1, -0.05) is 30.3 Å². The molecule has 0 saturated carbocycles. The van der Waals surface area contributed by atoms with Crippen LogP contribution in [0.1, 0.15) is 31.1 Å². The van der Waals surface area contributed by atoms with Gasteiger partial charge in [0.15, 0.2) is 0 Å². The molecule has 2 atom stereocenters. The van der Waals surface area contributed by atoms with Gasteiger partial charge in [-0.2, -0.15) is 4.98 Å². The summed E-state index contributed by atoms with van der Waals surface area (Å²) in [6.45, 7) is 0.0353. The van der Waals surface area contributed by atoms with Crippen LogP contribution in [0.5, 0.6) is 0 Å². The molecule has 1 fully saturated rings. The Kier molecular flexibility index (Phi) is 9.28. The Hall–Kier alpha value is -3.12. The molecule has 0 spiro atoms. The Bertz CT molecular complexity index is 1010. The molecule has 0 bridgehead atoms. The number of rotatable bonds is 5. The molecule has 1 aliphatic rings. The molecule has 31 heavy (non-hydrogen) atoms. The molecular formula is C22H25ClN4O4. The first-order valence-corrected chi connectivity index (χ1v) is 10.0. The van der Waals surface area contributed by atoms with Crippen LogP contribution >= 0.6 is 11.6 Å². The minimum absolute atomic E-state index is 0.0353. The van der Waals surface area contributed by atoms with Gasteiger partial charge in [0.1, 0.15) is 17.7 Å². The fourth-order valence-electron chi connectivity index (χ4n) is 3.18. The number of hydrogen-bond acceptors (Lipinski definition) is 6. The fourth-order valence-corrected chi connectivity index (χ4v) is 3.35. The van der Waals surface area contributed by atoms with Gasteiger partial charge in [-0.15, -0.1) is 12.8 Å². The number of benzene rings is 1. The highest BCUT2D eigenvalue weighted by molar-refractivity contribution is 6.28. The summed E-state index contributed by atoms with van der Waals surface area (Å²) in [5, 5.41) is 18.3. The number of halogens is 1. The van der Waals surface area contributed by atoms with Crippen molar-refractivity contribution in [3.05, 3.63) is 53.4 Å². The van der Waals surface area contributed by atoms with Crippen molar-refractivity contribution >= 4 is 34.4 Å². The van der Waals surface area contributed by atoms with Crippen LogP contribution in [-0.4, -0.2) is 43.4 Å². The summed E-state index contributed by atoms with van der Waals surface area (Å²) in [5.74, 6) is -0.380. The molecule has 1 aromatic carbocycles. The van der Waals surface area contributed by atoms with Crippen molar-refractivity contribution in [2.75, 3.05) is 12.3 Å². The molecular weight excluding hydrogens is 420 g/mol. The van der Waals surface area contributed by atoms with Crippen LogP contribution < -0.4 is 5.73 Å². The highest BCUT2D eigenvalue weighted by atomic mass is 35.5. The summed E-state index contributed by atoms with van der Waals surface area (Å²) in [7, 11) is 0. The number of terminal acetylenes is 1. The Balaban J connectivity index is 0.000000226. The van der Waals surface area contributed by atoms with E-state index in [9.17, 15) is 4.79 Å². The molecule has 8 nitrogen and oxygen atoms in total. The number of aliphatic hydroxyl groups excluding tert-OH is 1. The van der Waals surface area contributed by atoms with Gasteiger partial charge in [-0.05, 0) is 42.5 Å². The molecule has 3 heterocycles. The zero-order valence-corrected chi connectivity index (χ0v) is 17.7. The van der Waals surface area contributed by atoms with Crippen molar-refractivity contribution in [3.63, 3.8) is 0 Å². The monoisotopic (exact) mass is 444 g/mol. The average Bonchev–Trinajstić information content (AvgIpc) is 3.42. The third-order valence-electron chi connectivity index (χ3n) is 4.64. The fraction of sp³-hybridized carbons (Fsp3) is 0.318. The van der Waals surface area contributed by atoms with Crippen LogP contribution in [0.4, 0.5) is 5.82 Å². The van der Waals surface area contributed by atoms with E-state index < -0.39 is 5.97 Å². The lowest BCUT2D eigenvalue weighted by molar-refractivity contribution is -0.136. The summed E-state index contributed by atoms with van der Waals surface area (Å²) in [6, 6.07) is 11.5. The van der Waals surface area contributed by atoms with E-state index in [0.717, 1.165) is 23.8 Å². The number of aliphatic carboxylic acids is 1. The standard InChI is InChI=1S/C11H13ClN4O2.C9H10O2.C2H2/c12-11-14-9(13)7-3-4-16(10(7)15-11)8-2-1-6(5-17)18-8;10-9(11)7-6-8-4-2-1-3-5-8;1-2/h3-4,6,8,17H,1-2,5H2,(H2,13,14,15);1-5H,6-7H2,(H,10,11);1-2H. The maximum Gasteiger partial charge on any atom is 0.303 e. The minimum atomic E-state index is -0.742. The lowest BCUT2D eigenvalue weighted by Crippen LogP contribution is -2.14. The van der Waals surface area contributed by atoms with Crippen LogP contribution in [0.15, 0.2) is 42.6 Å². The van der Waals surface area contributed by atoms with Crippen molar-refractivity contribution in [2.45, 2.75) is 38.0 Å². The smallest absolute Gasteiger partial charge is 0.303 e. The van der Waals surface area contributed by atoms with Crippen molar-refractivity contribution in [3.8, 4) is 12.8 Å². The Morgan fingerprint density at radius 3 is 2.55 bits per heavy atom. The molecule has 2 unspecified atom stereocenters. The van der Waals surface area contributed by atoms with Gasteiger partial charge < -0.3 is 25.3 Å². The molecule has 1 saturated heterocycles. The van der Waals surface area contributed by atoms with Crippen molar-refractivity contribution < 1.29 is 19.7 Å². The van der Waals surface area contributed by atoms with Gasteiger partial charge in [-0.3, -0.25) is 4.79 Å². The molecule has 9 heteroatoms. The summed E-state index contributed by atoms with van der Waals surface area (Å²) in [5.41, 5.74) is 7.53. The molecule has 2 aromatic heterocycles. The second-order valence-electron chi connectivity index (χ2n) is 6.69. The van der Waals surface area contributed by atoms with Crippen LogP contribution in [-0.2, 0) is 16.0 Å². The number of aryl methyl sites for hydroxylation is 1. The topological polar surface area (TPSA) is 123 Å². The van der Waals surface area contributed by atoms with E-state index in [1.807, 2.05) is 47.2 Å². The van der Waals surface area contributed by atoms with Crippen LogP contribution in [0, 0.1) is 12.8 Å². The number of carbonyl (C=O) groups is 1. The van der Waals surface area contributed by atoms with E-state index in [-0.39, 0.29) is 30.6 Å². The number of aliphatic hydroxyl groups is 1. The Labute approximate surface area is 185 Å². The predicted octanol–water partition coefficient (Wildman–Crippen LogP) is 3.29. The number of hydrogen-bond donors (Lipinski definition) is 3. The third-order valence-corrected chi connectivity index (χ3v) is 4.81. The van der Waals surface area contributed by atoms with E-state index in [1.54, 1.807) is 0 Å². The molecule has 3 aromatic rings. The number of fused-ring (bicyclic) bond motifs is 1. The SMILES string of the molecule is C#C.Nc1nc(Cl)nc2c1ccn2C1CCC(CO)O1.O=C(O)CCc1ccccc1. The Morgan fingerprint density at radius 1 is 1.23 bits per heavy atom. The maximum atomic E-state index is 10.2. The minimum Gasteiger partial charge on any atom is -0.481 e. The second kappa shape index (κ2) is 11.9. The van der Waals surface area contributed by atoms with E-state index in [2.05, 4.69) is 22.8 Å². The largest absolute Gasteiger partial charge is 0.481 e. The maximum absolute atomic E-state index is 10.2. The van der Waals surface area contributed by atoms with Crippen molar-refractivity contribution in [2.24, 2.45) is 0 Å². The number of anilines is 1. The average molecular weight is 445 g/mol. The van der Waals surface area contributed by atoms with Gasteiger partial charge >= 0.3 is 5.97 Å². The zero-order chi connectivity index (χ0) is 22.8. The van der Waals surface area contributed by atoms with Crippen LogP contribution in [0.3, 0.4) is 0 Å². The van der Waals surface area contributed by atoms with Crippen LogP contribution in [0.25, 0.3) is 11.0 Å². The number of ether oxygens (including phenoxy) is 1. The van der Waals surface area contributed by atoms with Gasteiger partial charge in [0.25, 0.3) is 0 Å². The van der Waals surface area contributed by atoms with E-state index in [4.69, 9.17) is 32.3 Å². The first-order chi connectivity index (χ1) is 15.0. The summed E-state index contributed by atoms with van der Waals surface area (Å²) in [6.07, 6.45) is 12.1. The van der Waals surface area contributed by atoms with Gasteiger partial charge in [0.05, 0.1) is 18.1 Å². The van der Waals surface area contributed by atoms with Crippen molar-refractivity contribution in [1.29, 1.82) is 0 Å². The third kappa shape index (κ3) is 6.69. The zero-order valence-electron chi connectivity index (χ0n) is 16.9. The second-order valence-corrected chi connectivity index (χ2v) is 7.03. The van der Waals surface area contributed by atoms with Gasteiger partial charge in [0.2, 0.25) is 5.28 Å². The van der Waals surface area contributed by atoms with Gasteiger partial charge in [0, 0.05) is 12.6 Å². The molecule has 0 aliphatic carbocycles. The summed E-state index contributed by atoms with van der Waals surface area (Å²) < 4.78 is 7.60. The first kappa shape index (κ1) is 24.2. The van der Waals surface area contributed by atoms with Crippen molar-refractivity contribution in [1.82, 2.24) is 14.5 Å². The molecule has 0 amide bonds. The predicted molar refractivity (Wildman–Crippen MR) is 119 cm³/mol. The summed E-state index contributed by atoms with van der Waals surface area (Å²) in [4.78, 5) is 18.3. The highest BCUT2D eigenvalue weighted by Gasteiger charge is 2.27. The molecule has 164 valence electrons. The highest BCUT2D eigenvalue weighted by Crippen LogP contribution is 2.32. The number of nitrogen functional groups attached to an aromatic ring is 1. The molecule has 4 N–H and O–H groups in total. The first-order valence-electron chi connectivity index (χ1n) is 9.63. The lowest BCUT2D eigenvalue weighted by Gasteiger charge is -2.14. The summed E-state index contributed by atoms with van der Waals surface area (Å²) >= 11 is 5.82. The van der Waals surface area contributed by atoms with E-state index in [0.29, 0.717) is 17.9 Å². The number of carboxylic acids is 1. The Morgan fingerprint density at radius 2 is 1.94 bits per heavy atom. The number of aromatic nitrogens is 3. The molecule has 0 radical (unpaired) electrons. The van der Waals surface area contributed by atoms with Gasteiger partial charge in [-0.25, -0.2) is 4.98 Å². The van der Waals surface area contributed by atoms with Crippen LogP contribution in [0.2, 0.25) is 5.28 Å². The number of nitrogens with zero attached hydrogens (tertiary/aromatic N) is 3. The van der Waals surface area contributed by atoms with E-state index >= 15 is 0 Å². The normalized spacial score (nSPS) is 17.3. The molecule has 1 aliphatic heterocycles. The molecule has 4 rings (SSSR count).